The van der Waals surface area contributed by atoms with Gasteiger partial charge in [0.25, 0.3) is 10.0 Å². The van der Waals surface area contributed by atoms with Crippen LogP contribution in [-0.2, 0) is 23.0 Å². The molecule has 5 rings (SSSR count). The number of aromatic nitrogens is 3. The number of anilines is 2. The molecule has 2 aromatic carbocycles. The van der Waals surface area contributed by atoms with Crippen LogP contribution in [0.25, 0.3) is 11.3 Å². The average Bonchev–Trinajstić information content (AvgIpc) is 3.35. The highest BCUT2D eigenvalue weighted by molar-refractivity contribution is 7.92. The highest BCUT2D eigenvalue weighted by Gasteiger charge is 2.23. The molecule has 0 spiro atoms. The molecule has 3 heterocycles. The summed E-state index contributed by atoms with van der Waals surface area (Å²) in [6.45, 7) is 1.86. The van der Waals surface area contributed by atoms with Crippen molar-refractivity contribution in [1.82, 2.24) is 15.0 Å². The van der Waals surface area contributed by atoms with Gasteiger partial charge in [-0.1, -0.05) is 18.2 Å². The van der Waals surface area contributed by atoms with Crippen LogP contribution in [0.4, 0.5) is 19.6 Å². The molecule has 0 unspecified atom stereocenters. The zero-order valence-corrected chi connectivity index (χ0v) is 24.1. The lowest BCUT2D eigenvalue weighted by atomic mass is 10.1. The number of methoxy groups -OCH3 is 1. The fourth-order valence-corrected chi connectivity index (χ4v) is 6.62. The lowest BCUT2D eigenvalue weighted by Gasteiger charge is -2.12. The number of para-hydroxylation sites is 1. The fraction of sp³-hybridized carbons (Fsp3) is 0.138. The number of ether oxygens (including phenoxy) is 1. The van der Waals surface area contributed by atoms with Crippen LogP contribution < -0.4 is 14.8 Å². The van der Waals surface area contributed by atoms with Crippen LogP contribution in [0.2, 0.25) is 0 Å². The Morgan fingerprint density at radius 1 is 1.02 bits per heavy atom. The maximum Gasteiger partial charge on any atom is 0.281 e. The van der Waals surface area contributed by atoms with Gasteiger partial charge in [0.05, 0.1) is 24.7 Å². The lowest BCUT2D eigenvalue weighted by Crippen LogP contribution is -2.16. The van der Waals surface area contributed by atoms with E-state index in [1.807, 2.05) is 6.07 Å². The predicted octanol–water partition coefficient (Wildman–Crippen LogP) is 5.90. The highest BCUT2D eigenvalue weighted by Crippen LogP contribution is 2.35. The van der Waals surface area contributed by atoms with Crippen LogP contribution in [0.3, 0.4) is 0 Å². The van der Waals surface area contributed by atoms with Gasteiger partial charge in [-0.15, -0.1) is 11.3 Å². The van der Waals surface area contributed by atoms with E-state index in [2.05, 4.69) is 25.0 Å². The molecule has 0 fully saturated rings. The molecule has 216 valence electrons. The number of phenols is 1. The third kappa shape index (κ3) is 6.31. The van der Waals surface area contributed by atoms with E-state index < -0.39 is 21.7 Å². The molecule has 3 aromatic heterocycles. The average molecular weight is 610 g/mol. The number of nitrogens with zero attached hydrogens (tertiary/aromatic N) is 3. The Balaban J connectivity index is 1.39. The number of halogens is 2. The van der Waals surface area contributed by atoms with Gasteiger partial charge in [0, 0.05) is 40.9 Å². The number of thiazole rings is 1. The second-order valence-corrected chi connectivity index (χ2v) is 11.9. The minimum atomic E-state index is -4.16. The summed E-state index contributed by atoms with van der Waals surface area (Å²) >= 11 is 1.07. The Hall–Kier alpha value is -4.62. The molecule has 0 aliphatic carbocycles. The van der Waals surface area contributed by atoms with E-state index in [9.17, 15) is 22.3 Å². The second-order valence-electron chi connectivity index (χ2n) is 9.19. The van der Waals surface area contributed by atoms with Crippen molar-refractivity contribution in [3.8, 4) is 22.8 Å². The topological polar surface area (TPSA) is 126 Å². The van der Waals surface area contributed by atoms with Gasteiger partial charge in [-0.05, 0) is 55.0 Å². The predicted molar refractivity (Wildman–Crippen MR) is 156 cm³/mol. The van der Waals surface area contributed by atoms with Gasteiger partial charge in [0.1, 0.15) is 0 Å². The van der Waals surface area contributed by atoms with E-state index in [4.69, 9.17) is 4.74 Å². The smallest absolute Gasteiger partial charge is 0.281 e. The Bertz CT molecular complexity index is 1850. The first-order valence-corrected chi connectivity index (χ1v) is 14.9. The van der Waals surface area contributed by atoms with Crippen molar-refractivity contribution in [3.63, 3.8) is 0 Å². The van der Waals surface area contributed by atoms with E-state index in [1.165, 1.54) is 19.4 Å². The van der Waals surface area contributed by atoms with Gasteiger partial charge < -0.3 is 15.2 Å². The summed E-state index contributed by atoms with van der Waals surface area (Å²) in [5, 5.41) is 13.3. The Morgan fingerprint density at radius 2 is 1.86 bits per heavy atom. The van der Waals surface area contributed by atoms with Crippen LogP contribution in [0.5, 0.6) is 11.5 Å². The molecule has 0 bridgehead atoms. The molecule has 0 aliphatic rings. The monoisotopic (exact) mass is 609 g/mol. The van der Waals surface area contributed by atoms with Gasteiger partial charge in [0.2, 0.25) is 0 Å². The number of nitrogens with one attached hydrogen (secondary N) is 2. The zero-order chi connectivity index (χ0) is 29.9. The van der Waals surface area contributed by atoms with Gasteiger partial charge in [-0.25, -0.2) is 18.7 Å². The van der Waals surface area contributed by atoms with Crippen LogP contribution in [0, 0.1) is 18.6 Å². The number of aryl methyl sites for hydroxylation is 1. The van der Waals surface area contributed by atoms with Crippen molar-refractivity contribution >= 4 is 32.2 Å². The first-order chi connectivity index (χ1) is 20.1. The molecule has 0 aliphatic heterocycles. The number of hydrogen-bond donors (Lipinski definition) is 3. The summed E-state index contributed by atoms with van der Waals surface area (Å²) in [6.07, 6.45) is 3.30. The lowest BCUT2D eigenvalue weighted by molar-refractivity contribution is 0.371. The van der Waals surface area contributed by atoms with E-state index in [0.29, 0.717) is 50.8 Å². The number of hydrogen-bond acceptors (Lipinski definition) is 9. The quantitative estimate of drug-likeness (QED) is 0.179. The van der Waals surface area contributed by atoms with E-state index in [0.717, 1.165) is 23.5 Å². The van der Waals surface area contributed by atoms with Crippen molar-refractivity contribution in [3.05, 3.63) is 106 Å². The number of rotatable bonds is 10. The van der Waals surface area contributed by atoms with Gasteiger partial charge in [-0.2, -0.15) is 8.42 Å². The van der Waals surface area contributed by atoms with Crippen molar-refractivity contribution in [2.45, 2.75) is 24.9 Å². The third-order valence-electron chi connectivity index (χ3n) is 6.25. The number of sulfonamides is 1. The molecule has 0 radical (unpaired) electrons. The van der Waals surface area contributed by atoms with Crippen LogP contribution in [0.15, 0.2) is 78.1 Å². The molecule has 0 saturated heterocycles. The number of phenolic OH excluding ortho intramolecular Hbond substituents is 1. The standard InChI is InChI=1S/C29H25F2N5O4S2/c1-17-12-21(33-15-19-6-5-8-24(40-2)27(19)37)16-34-28(17)42(38,39)36-29-35-26(18-9-10-22(30)23(31)13-18)25(41-29)14-20-7-3-4-11-32-20/h3-13,16,33,37H,14-15H2,1-2H3,(H,35,36). The number of benzene rings is 2. The maximum absolute atomic E-state index is 14.1. The Labute approximate surface area is 245 Å². The minimum Gasteiger partial charge on any atom is -0.504 e. The van der Waals surface area contributed by atoms with E-state index in [1.54, 1.807) is 49.5 Å². The first kappa shape index (κ1) is 28.9. The van der Waals surface area contributed by atoms with Crippen LogP contribution >= 0.6 is 11.3 Å². The molecule has 9 nitrogen and oxygen atoms in total. The largest absolute Gasteiger partial charge is 0.504 e. The molecular weight excluding hydrogens is 584 g/mol. The summed E-state index contributed by atoms with van der Waals surface area (Å²) < 4.78 is 62.0. The molecule has 13 heteroatoms. The van der Waals surface area contributed by atoms with Gasteiger partial charge in [-0.3, -0.25) is 9.71 Å². The van der Waals surface area contributed by atoms with Crippen molar-refractivity contribution in [2.75, 3.05) is 17.1 Å². The summed E-state index contributed by atoms with van der Waals surface area (Å²) in [5.74, 6) is -1.69. The molecule has 0 amide bonds. The minimum absolute atomic E-state index is 0.00851. The number of pyridine rings is 2. The Kier molecular flexibility index (Phi) is 8.31. The SMILES string of the molecule is COc1cccc(CNc2cnc(S(=O)(=O)Nc3nc(-c4ccc(F)c(F)c4)c(Cc4ccccn4)s3)c(C)c2)c1O. The summed E-state index contributed by atoms with van der Waals surface area (Å²) in [4.78, 5) is 13.5. The fourth-order valence-electron chi connectivity index (χ4n) is 4.23. The normalized spacial score (nSPS) is 11.3. The Morgan fingerprint density at radius 3 is 2.57 bits per heavy atom. The summed E-state index contributed by atoms with van der Waals surface area (Å²) in [5.41, 5.74) is 2.81. The van der Waals surface area contributed by atoms with Crippen LogP contribution in [0.1, 0.15) is 21.7 Å². The second kappa shape index (κ2) is 12.1. The van der Waals surface area contributed by atoms with Crippen molar-refractivity contribution in [2.24, 2.45) is 0 Å². The van der Waals surface area contributed by atoms with Gasteiger partial charge in [0.15, 0.2) is 33.3 Å². The van der Waals surface area contributed by atoms with E-state index in [-0.39, 0.29) is 22.5 Å². The number of aromatic hydroxyl groups is 1. The molecule has 0 saturated carbocycles. The van der Waals surface area contributed by atoms with Crippen LogP contribution in [-0.4, -0.2) is 35.6 Å². The zero-order valence-electron chi connectivity index (χ0n) is 22.4. The van der Waals surface area contributed by atoms with Gasteiger partial charge >= 0.3 is 0 Å². The molecule has 3 N–H and O–H groups in total. The first-order valence-electron chi connectivity index (χ1n) is 12.6. The summed E-state index contributed by atoms with van der Waals surface area (Å²) in [7, 11) is -2.70. The van der Waals surface area contributed by atoms with Crippen molar-refractivity contribution < 1.29 is 27.0 Å². The molecular formula is C29H25F2N5O4S2. The summed E-state index contributed by atoms with van der Waals surface area (Å²) in [6, 6.07) is 15.5. The van der Waals surface area contributed by atoms with E-state index >= 15 is 0 Å². The molecule has 0 atom stereocenters. The molecule has 5 aromatic rings. The van der Waals surface area contributed by atoms with Crippen molar-refractivity contribution in [1.29, 1.82) is 0 Å². The highest BCUT2D eigenvalue weighted by atomic mass is 32.2. The maximum atomic E-state index is 14.1. The third-order valence-corrected chi connectivity index (χ3v) is 8.75. The molecule has 42 heavy (non-hydrogen) atoms.